The number of fused-ring (bicyclic) bond motifs is 3. The van der Waals surface area contributed by atoms with Crippen LogP contribution in [0.1, 0.15) is 45.4 Å². The number of methoxy groups -OCH3 is 1. The standard InChI is InChI=1S/C17H17BrN2O2S/c1-22-12-7-6-9(18)8-11(12)15-19-16(21)14-10-4-2-3-5-13(10)23-17(14)20-15/h6-8,15,20H,2-5H2,1H3,(H,19,21). The van der Waals surface area contributed by atoms with Crippen molar-refractivity contribution in [1.29, 1.82) is 0 Å². The van der Waals surface area contributed by atoms with E-state index < -0.39 is 0 Å². The van der Waals surface area contributed by atoms with Crippen LogP contribution < -0.4 is 15.4 Å². The molecule has 120 valence electrons. The zero-order chi connectivity index (χ0) is 16.0. The van der Waals surface area contributed by atoms with Crippen molar-refractivity contribution in [3.8, 4) is 5.75 Å². The molecule has 4 nitrogen and oxygen atoms in total. The van der Waals surface area contributed by atoms with Gasteiger partial charge in [0, 0.05) is 14.9 Å². The molecule has 1 amide bonds. The average molecular weight is 393 g/mol. The first-order valence-corrected chi connectivity index (χ1v) is 9.33. The van der Waals surface area contributed by atoms with Gasteiger partial charge in [-0.15, -0.1) is 11.3 Å². The van der Waals surface area contributed by atoms with Gasteiger partial charge in [0.2, 0.25) is 0 Å². The van der Waals surface area contributed by atoms with Crippen LogP contribution in [-0.4, -0.2) is 13.0 Å². The molecule has 1 aliphatic carbocycles. The molecule has 0 spiro atoms. The predicted molar refractivity (Wildman–Crippen MR) is 95.5 cm³/mol. The van der Waals surface area contributed by atoms with E-state index in [-0.39, 0.29) is 12.1 Å². The Morgan fingerprint density at radius 1 is 1.26 bits per heavy atom. The third-order valence-corrected chi connectivity index (χ3v) is 6.17. The quantitative estimate of drug-likeness (QED) is 0.802. The third kappa shape index (κ3) is 2.54. The maximum absolute atomic E-state index is 12.7. The van der Waals surface area contributed by atoms with Gasteiger partial charge >= 0.3 is 0 Å². The van der Waals surface area contributed by atoms with Crippen LogP contribution >= 0.6 is 27.3 Å². The Hall–Kier alpha value is -1.53. The highest BCUT2D eigenvalue weighted by Gasteiger charge is 2.32. The molecule has 2 aliphatic rings. The summed E-state index contributed by atoms with van der Waals surface area (Å²) in [5.41, 5.74) is 3.03. The molecular weight excluding hydrogens is 376 g/mol. The molecular formula is C17H17BrN2O2S. The number of nitrogens with one attached hydrogen (secondary N) is 2. The summed E-state index contributed by atoms with van der Waals surface area (Å²) >= 11 is 5.23. The van der Waals surface area contributed by atoms with Gasteiger partial charge in [0.1, 0.15) is 16.9 Å². The molecule has 1 atom stereocenters. The number of carbonyl (C=O) groups is 1. The fourth-order valence-electron chi connectivity index (χ4n) is 3.36. The van der Waals surface area contributed by atoms with Crippen molar-refractivity contribution in [2.75, 3.05) is 12.4 Å². The predicted octanol–water partition coefficient (Wildman–Crippen LogP) is 4.25. The van der Waals surface area contributed by atoms with Crippen molar-refractivity contribution in [2.45, 2.75) is 31.8 Å². The molecule has 0 radical (unpaired) electrons. The van der Waals surface area contributed by atoms with Gasteiger partial charge in [0.15, 0.2) is 0 Å². The van der Waals surface area contributed by atoms with Crippen molar-refractivity contribution in [1.82, 2.24) is 5.32 Å². The molecule has 0 fully saturated rings. The van der Waals surface area contributed by atoms with E-state index in [1.807, 2.05) is 18.2 Å². The zero-order valence-corrected chi connectivity index (χ0v) is 15.1. The smallest absolute Gasteiger partial charge is 0.256 e. The second-order valence-electron chi connectivity index (χ2n) is 5.85. The number of carbonyl (C=O) groups excluding carboxylic acids is 1. The molecule has 2 heterocycles. The number of amides is 1. The minimum atomic E-state index is -0.275. The van der Waals surface area contributed by atoms with E-state index in [1.54, 1.807) is 18.4 Å². The van der Waals surface area contributed by atoms with Gasteiger partial charge < -0.3 is 15.4 Å². The zero-order valence-electron chi connectivity index (χ0n) is 12.7. The lowest BCUT2D eigenvalue weighted by Crippen LogP contribution is -2.38. The van der Waals surface area contributed by atoms with Crippen molar-refractivity contribution in [2.24, 2.45) is 0 Å². The Balaban J connectivity index is 1.74. The van der Waals surface area contributed by atoms with Crippen LogP contribution in [0.3, 0.4) is 0 Å². The van der Waals surface area contributed by atoms with Crippen molar-refractivity contribution in [3.05, 3.63) is 44.2 Å². The molecule has 2 aromatic rings. The third-order valence-electron chi connectivity index (χ3n) is 4.45. The van der Waals surface area contributed by atoms with Gasteiger partial charge in [-0.1, -0.05) is 15.9 Å². The van der Waals surface area contributed by atoms with Gasteiger partial charge in [0.25, 0.3) is 5.91 Å². The van der Waals surface area contributed by atoms with Crippen LogP contribution in [0.4, 0.5) is 5.00 Å². The molecule has 0 bridgehead atoms. The fourth-order valence-corrected chi connectivity index (χ4v) is 5.06. The van der Waals surface area contributed by atoms with Crippen LogP contribution in [0.2, 0.25) is 0 Å². The monoisotopic (exact) mass is 392 g/mol. The first-order chi connectivity index (χ1) is 11.2. The van der Waals surface area contributed by atoms with E-state index in [4.69, 9.17) is 4.74 Å². The Labute approximate surface area is 147 Å². The summed E-state index contributed by atoms with van der Waals surface area (Å²) in [6, 6.07) is 5.82. The summed E-state index contributed by atoms with van der Waals surface area (Å²) in [5.74, 6) is 0.779. The summed E-state index contributed by atoms with van der Waals surface area (Å²) < 4.78 is 6.41. The SMILES string of the molecule is COc1ccc(Br)cc1C1NC(=O)c2c(sc3c2CCCC3)N1. The Bertz CT molecular complexity index is 787. The lowest BCUT2D eigenvalue weighted by atomic mass is 9.94. The topological polar surface area (TPSA) is 50.4 Å². The van der Waals surface area contributed by atoms with Gasteiger partial charge in [-0.25, -0.2) is 0 Å². The molecule has 4 rings (SSSR count). The van der Waals surface area contributed by atoms with Crippen LogP contribution in [0.25, 0.3) is 0 Å². The van der Waals surface area contributed by atoms with Crippen LogP contribution in [0.15, 0.2) is 22.7 Å². The minimum Gasteiger partial charge on any atom is -0.496 e. The summed E-state index contributed by atoms with van der Waals surface area (Å²) in [6.07, 6.45) is 4.22. The number of thiophene rings is 1. The number of halogens is 1. The maximum atomic E-state index is 12.7. The van der Waals surface area contributed by atoms with Crippen molar-refractivity contribution < 1.29 is 9.53 Å². The van der Waals surface area contributed by atoms with Gasteiger partial charge in [-0.05, 0) is 49.4 Å². The Morgan fingerprint density at radius 3 is 2.91 bits per heavy atom. The van der Waals surface area contributed by atoms with E-state index >= 15 is 0 Å². The van der Waals surface area contributed by atoms with Crippen LogP contribution in [0, 0.1) is 0 Å². The molecule has 1 unspecified atom stereocenters. The molecule has 6 heteroatoms. The average Bonchev–Trinajstić information content (AvgIpc) is 2.93. The molecule has 0 saturated carbocycles. The maximum Gasteiger partial charge on any atom is 0.256 e. The van der Waals surface area contributed by atoms with Gasteiger partial charge in [0.05, 0.1) is 12.7 Å². The number of anilines is 1. The number of benzene rings is 1. The Morgan fingerprint density at radius 2 is 2.09 bits per heavy atom. The molecule has 0 saturated heterocycles. The summed E-state index contributed by atoms with van der Waals surface area (Å²) in [4.78, 5) is 14.1. The lowest BCUT2D eigenvalue weighted by molar-refractivity contribution is 0.0935. The highest BCUT2D eigenvalue weighted by atomic mass is 79.9. The van der Waals surface area contributed by atoms with E-state index in [1.165, 1.54) is 23.3 Å². The van der Waals surface area contributed by atoms with Gasteiger partial charge in [-0.3, -0.25) is 4.79 Å². The van der Waals surface area contributed by atoms with Crippen molar-refractivity contribution >= 4 is 38.2 Å². The molecule has 1 aliphatic heterocycles. The van der Waals surface area contributed by atoms with E-state index in [0.29, 0.717) is 0 Å². The summed E-state index contributed by atoms with van der Waals surface area (Å²) in [5, 5.41) is 7.56. The molecule has 23 heavy (non-hydrogen) atoms. The Kier molecular flexibility index (Phi) is 3.81. The number of ether oxygens (including phenoxy) is 1. The summed E-state index contributed by atoms with van der Waals surface area (Å²) in [6.45, 7) is 0. The molecule has 1 aromatic carbocycles. The molecule has 1 aromatic heterocycles. The van der Waals surface area contributed by atoms with E-state index in [2.05, 4.69) is 26.6 Å². The largest absolute Gasteiger partial charge is 0.496 e. The highest BCUT2D eigenvalue weighted by molar-refractivity contribution is 9.10. The van der Waals surface area contributed by atoms with E-state index in [0.717, 1.165) is 39.2 Å². The minimum absolute atomic E-state index is 0.0187. The summed E-state index contributed by atoms with van der Waals surface area (Å²) in [7, 11) is 1.65. The van der Waals surface area contributed by atoms with Crippen molar-refractivity contribution in [3.63, 3.8) is 0 Å². The number of hydrogen-bond acceptors (Lipinski definition) is 4. The lowest BCUT2D eigenvalue weighted by Gasteiger charge is -2.28. The van der Waals surface area contributed by atoms with E-state index in [9.17, 15) is 4.79 Å². The number of aryl methyl sites for hydroxylation is 1. The highest BCUT2D eigenvalue weighted by Crippen LogP contribution is 2.42. The second-order valence-corrected chi connectivity index (χ2v) is 7.87. The first-order valence-electron chi connectivity index (χ1n) is 7.72. The fraction of sp³-hybridized carbons (Fsp3) is 0.353. The number of hydrogen-bond donors (Lipinski definition) is 2. The second kappa shape index (κ2) is 5.83. The van der Waals surface area contributed by atoms with Crippen LogP contribution in [0.5, 0.6) is 5.75 Å². The molecule has 2 N–H and O–H groups in total. The number of rotatable bonds is 2. The first kappa shape index (κ1) is 15.0. The normalized spacial score (nSPS) is 19.4. The van der Waals surface area contributed by atoms with Crippen LogP contribution in [-0.2, 0) is 12.8 Å². The van der Waals surface area contributed by atoms with Gasteiger partial charge in [-0.2, -0.15) is 0 Å².